The van der Waals surface area contributed by atoms with Gasteiger partial charge >= 0.3 is 11.9 Å². The standard InChI is InChI=1S/C27H28O15/c1-36-13-5-9(3-4-12(13)29)17(30)10-6-27(42-24(10)35)16-15(21-22(27)40-21)11(23(34)37-2)8-38-25(16)41-26-20(33)19(32)18(31)14(7-28)39-26/h3-6,8,14-16,18-22,25-26,28-29,31-33H,7H2,1-2H3/t14-,15-,16-,18+,19+,20-,21-,22-,25+,26+,27-/m1/s1. The van der Waals surface area contributed by atoms with Gasteiger partial charge in [-0.15, -0.1) is 0 Å². The Hall–Kier alpha value is -3.57. The van der Waals surface area contributed by atoms with Crippen LogP contribution in [-0.4, -0.2) is 119 Å². The predicted molar refractivity (Wildman–Crippen MR) is 131 cm³/mol. The number of hydrogen-bond donors (Lipinski definition) is 5. The van der Waals surface area contributed by atoms with E-state index in [-0.39, 0.29) is 28.2 Å². The molecule has 0 unspecified atom stereocenters. The lowest BCUT2D eigenvalue weighted by atomic mass is 9.78. The number of aliphatic hydroxyl groups excluding tert-OH is 4. The van der Waals surface area contributed by atoms with Gasteiger partial charge < -0.3 is 58.7 Å². The number of methoxy groups -OCH3 is 2. The van der Waals surface area contributed by atoms with Crippen LogP contribution in [-0.2, 0) is 38.0 Å². The zero-order valence-electron chi connectivity index (χ0n) is 22.2. The van der Waals surface area contributed by atoms with Gasteiger partial charge in [0.15, 0.2) is 29.2 Å². The smallest absolute Gasteiger partial charge is 0.342 e. The van der Waals surface area contributed by atoms with Gasteiger partial charge in [0.25, 0.3) is 0 Å². The number of Topliss-reactive ketones (excluding diaryl/α,β-unsaturated/α-hetero) is 1. The number of aromatic hydroxyl groups is 1. The van der Waals surface area contributed by atoms with Gasteiger partial charge in [-0.25, -0.2) is 9.59 Å². The molecule has 42 heavy (non-hydrogen) atoms. The van der Waals surface area contributed by atoms with E-state index in [2.05, 4.69) is 0 Å². The summed E-state index contributed by atoms with van der Waals surface area (Å²) >= 11 is 0. The van der Waals surface area contributed by atoms with E-state index in [1.54, 1.807) is 0 Å². The van der Waals surface area contributed by atoms with E-state index in [0.29, 0.717) is 0 Å². The van der Waals surface area contributed by atoms with Gasteiger partial charge in [0.2, 0.25) is 6.29 Å². The summed E-state index contributed by atoms with van der Waals surface area (Å²) in [7, 11) is 2.47. The van der Waals surface area contributed by atoms with Crippen LogP contribution in [0.2, 0.25) is 0 Å². The van der Waals surface area contributed by atoms with Crippen molar-refractivity contribution in [3.8, 4) is 11.5 Å². The number of phenols is 1. The van der Waals surface area contributed by atoms with Gasteiger partial charge in [-0.3, -0.25) is 4.79 Å². The van der Waals surface area contributed by atoms with Crippen LogP contribution >= 0.6 is 0 Å². The highest BCUT2D eigenvalue weighted by Gasteiger charge is 2.78. The summed E-state index contributed by atoms with van der Waals surface area (Å²) in [6, 6.07) is 3.80. The van der Waals surface area contributed by atoms with Crippen molar-refractivity contribution in [2.24, 2.45) is 11.8 Å². The minimum atomic E-state index is -1.78. The maximum Gasteiger partial charge on any atom is 0.342 e. The molecule has 1 aromatic carbocycles. The van der Waals surface area contributed by atoms with E-state index in [1.807, 2.05) is 0 Å². The Morgan fingerprint density at radius 3 is 2.50 bits per heavy atom. The molecule has 0 amide bonds. The molecule has 1 aliphatic carbocycles. The summed E-state index contributed by atoms with van der Waals surface area (Å²) < 4.78 is 38.7. The summed E-state index contributed by atoms with van der Waals surface area (Å²) in [5.74, 6) is -4.53. The number of ketones is 1. The first-order valence-corrected chi connectivity index (χ1v) is 13.0. The van der Waals surface area contributed by atoms with E-state index >= 15 is 0 Å². The van der Waals surface area contributed by atoms with E-state index in [4.69, 9.17) is 33.2 Å². The Bertz CT molecular complexity index is 1370. The summed E-state index contributed by atoms with van der Waals surface area (Å²) in [4.78, 5) is 39.3. The zero-order chi connectivity index (χ0) is 30.1. The topological polar surface area (TPSA) is 220 Å². The summed E-state index contributed by atoms with van der Waals surface area (Å²) in [6.07, 6.45) is -8.57. The van der Waals surface area contributed by atoms with E-state index in [1.165, 1.54) is 38.5 Å². The highest BCUT2D eigenvalue weighted by molar-refractivity contribution is 6.25. The number of rotatable bonds is 7. The third kappa shape index (κ3) is 4.19. The first kappa shape index (κ1) is 28.5. The molecule has 5 aliphatic rings. The molecule has 3 fully saturated rings. The number of hydrogen-bond acceptors (Lipinski definition) is 15. The van der Waals surface area contributed by atoms with Gasteiger partial charge in [-0.1, -0.05) is 0 Å². The minimum absolute atomic E-state index is 0.00980. The fraction of sp³-hybridized carbons (Fsp3) is 0.519. The Morgan fingerprint density at radius 2 is 1.81 bits per heavy atom. The number of aliphatic hydroxyl groups is 4. The molecule has 0 aromatic heterocycles. The van der Waals surface area contributed by atoms with E-state index in [0.717, 1.165) is 6.26 Å². The van der Waals surface area contributed by atoms with Crippen molar-refractivity contribution in [2.45, 2.75) is 54.8 Å². The average molecular weight is 593 g/mol. The summed E-state index contributed by atoms with van der Waals surface area (Å²) in [5.41, 5.74) is -1.95. The van der Waals surface area contributed by atoms with Gasteiger partial charge in [0, 0.05) is 11.5 Å². The van der Waals surface area contributed by atoms with Crippen LogP contribution in [0.1, 0.15) is 10.4 Å². The van der Waals surface area contributed by atoms with Crippen LogP contribution in [0.25, 0.3) is 0 Å². The lowest BCUT2D eigenvalue weighted by Crippen LogP contribution is -2.61. The molecule has 4 heterocycles. The molecule has 4 aliphatic heterocycles. The largest absolute Gasteiger partial charge is 0.504 e. The van der Waals surface area contributed by atoms with Crippen molar-refractivity contribution in [1.82, 2.24) is 0 Å². The highest BCUT2D eigenvalue weighted by atomic mass is 16.8. The van der Waals surface area contributed by atoms with Crippen LogP contribution in [0.4, 0.5) is 0 Å². The fourth-order valence-corrected chi connectivity index (χ4v) is 6.19. The van der Waals surface area contributed by atoms with Gasteiger partial charge in [0.1, 0.15) is 36.1 Å². The number of carbonyl (C=O) groups excluding carboxylic acids is 3. The molecule has 11 atom stereocenters. The van der Waals surface area contributed by atoms with Crippen LogP contribution in [0.5, 0.6) is 11.5 Å². The quantitative estimate of drug-likeness (QED) is 0.100. The average Bonchev–Trinajstić information content (AvgIpc) is 3.66. The second-order valence-electron chi connectivity index (χ2n) is 10.5. The zero-order valence-corrected chi connectivity index (χ0v) is 22.2. The maximum atomic E-state index is 13.4. The molecule has 1 saturated carbocycles. The van der Waals surface area contributed by atoms with Crippen molar-refractivity contribution in [3.05, 3.63) is 47.2 Å². The number of epoxide rings is 1. The fourth-order valence-electron chi connectivity index (χ4n) is 6.19. The molecule has 15 nitrogen and oxygen atoms in total. The molecule has 2 saturated heterocycles. The Labute approximate surface area is 237 Å². The Kier molecular flexibility index (Phi) is 7.00. The first-order chi connectivity index (χ1) is 20.1. The van der Waals surface area contributed by atoms with Crippen molar-refractivity contribution in [1.29, 1.82) is 0 Å². The number of fused-ring (bicyclic) bond motifs is 5. The van der Waals surface area contributed by atoms with Gasteiger partial charge in [-0.2, -0.15) is 0 Å². The number of benzene rings is 1. The number of esters is 2. The maximum absolute atomic E-state index is 13.4. The third-order valence-electron chi connectivity index (χ3n) is 8.30. The lowest BCUT2D eigenvalue weighted by Gasteiger charge is -2.45. The molecular weight excluding hydrogens is 564 g/mol. The van der Waals surface area contributed by atoms with Crippen molar-refractivity contribution in [2.75, 3.05) is 20.8 Å². The van der Waals surface area contributed by atoms with Crippen LogP contribution < -0.4 is 4.74 Å². The van der Waals surface area contributed by atoms with E-state index in [9.17, 15) is 39.9 Å². The first-order valence-electron chi connectivity index (χ1n) is 13.0. The van der Waals surface area contributed by atoms with Gasteiger partial charge in [-0.05, 0) is 24.3 Å². The second kappa shape index (κ2) is 10.3. The Balaban J connectivity index is 1.37. The molecule has 15 heteroatoms. The molecule has 226 valence electrons. The van der Waals surface area contributed by atoms with Crippen LogP contribution in [0, 0.1) is 11.8 Å². The number of phenolic OH excluding ortho intramolecular Hbond substituents is 1. The molecule has 1 spiro atoms. The summed E-state index contributed by atoms with van der Waals surface area (Å²) in [6.45, 7) is -0.704. The van der Waals surface area contributed by atoms with Gasteiger partial charge in [0.05, 0.1) is 44.7 Å². The second-order valence-corrected chi connectivity index (χ2v) is 10.5. The molecule has 0 radical (unpaired) electrons. The summed E-state index contributed by atoms with van der Waals surface area (Å²) in [5, 5.41) is 50.4. The Morgan fingerprint density at radius 1 is 1.05 bits per heavy atom. The van der Waals surface area contributed by atoms with Crippen molar-refractivity contribution in [3.63, 3.8) is 0 Å². The third-order valence-corrected chi connectivity index (χ3v) is 8.30. The normalized spacial score (nSPS) is 39.8. The molecule has 6 rings (SSSR count). The number of carbonyl (C=O) groups is 3. The van der Waals surface area contributed by atoms with Crippen molar-refractivity contribution < 1.29 is 73.1 Å². The lowest BCUT2D eigenvalue weighted by molar-refractivity contribution is -0.347. The SMILES string of the molecule is COC(=O)C1=CO[C@@H](O[C@@H]2O[C@H](CO)[C@H](O)[C@H](O)[C@H]2O)[C@H]2[C@@H]1[C@H]1O[C@H]1[C@@]21C=C(C(=O)c2ccc(O)c(OC)c2)C(=O)O1. The highest BCUT2D eigenvalue weighted by Crippen LogP contribution is 2.62. The number of ether oxygens (including phenoxy) is 7. The monoisotopic (exact) mass is 592 g/mol. The molecule has 1 aromatic rings. The molecule has 5 N–H and O–H groups in total. The molecular formula is C27H28O15. The van der Waals surface area contributed by atoms with E-state index < -0.39 is 91.0 Å². The molecule has 0 bridgehead atoms. The van der Waals surface area contributed by atoms with Crippen LogP contribution in [0.15, 0.2) is 41.7 Å². The van der Waals surface area contributed by atoms with Crippen LogP contribution in [0.3, 0.4) is 0 Å². The predicted octanol–water partition coefficient (Wildman–Crippen LogP) is -1.95. The van der Waals surface area contributed by atoms with Crippen molar-refractivity contribution >= 4 is 17.7 Å². The minimum Gasteiger partial charge on any atom is -0.504 e.